The first-order valence-electron chi connectivity index (χ1n) is 5.67. The predicted octanol–water partition coefficient (Wildman–Crippen LogP) is 2.54. The van der Waals surface area contributed by atoms with Gasteiger partial charge in [0.05, 0.1) is 0 Å². The number of aldehydes is 1. The Labute approximate surface area is 96.7 Å². The standard InChI is InChI=1S/C13H19NO2/c1-4-14(5-2)11-6-7-12(10(3)9-15)13(16)8-11/h6-10,16H,4-5H2,1-3H3. The molecule has 88 valence electrons. The average molecular weight is 221 g/mol. The van der Waals surface area contributed by atoms with Crippen LogP contribution >= 0.6 is 0 Å². The minimum atomic E-state index is -0.259. The van der Waals surface area contributed by atoms with Gasteiger partial charge in [-0.2, -0.15) is 0 Å². The second-order valence-corrected chi connectivity index (χ2v) is 3.84. The van der Waals surface area contributed by atoms with E-state index in [1.807, 2.05) is 12.1 Å². The van der Waals surface area contributed by atoms with E-state index >= 15 is 0 Å². The zero-order chi connectivity index (χ0) is 12.1. The van der Waals surface area contributed by atoms with E-state index in [0.29, 0.717) is 5.56 Å². The Hall–Kier alpha value is -1.51. The van der Waals surface area contributed by atoms with Crippen molar-refractivity contribution in [3.05, 3.63) is 23.8 Å². The van der Waals surface area contributed by atoms with Gasteiger partial charge < -0.3 is 14.8 Å². The van der Waals surface area contributed by atoms with Crippen LogP contribution in [0, 0.1) is 0 Å². The van der Waals surface area contributed by atoms with Crippen LogP contribution in [-0.4, -0.2) is 24.5 Å². The minimum Gasteiger partial charge on any atom is -0.508 e. The van der Waals surface area contributed by atoms with Crippen molar-refractivity contribution in [3.63, 3.8) is 0 Å². The van der Waals surface area contributed by atoms with E-state index in [1.54, 1.807) is 13.0 Å². The van der Waals surface area contributed by atoms with E-state index in [2.05, 4.69) is 18.7 Å². The van der Waals surface area contributed by atoms with Crippen LogP contribution < -0.4 is 4.90 Å². The predicted molar refractivity (Wildman–Crippen MR) is 66.1 cm³/mol. The van der Waals surface area contributed by atoms with Crippen molar-refractivity contribution in [1.82, 2.24) is 0 Å². The summed E-state index contributed by atoms with van der Waals surface area (Å²) in [5.41, 5.74) is 1.68. The summed E-state index contributed by atoms with van der Waals surface area (Å²) >= 11 is 0. The lowest BCUT2D eigenvalue weighted by Gasteiger charge is -2.22. The van der Waals surface area contributed by atoms with Gasteiger partial charge in [-0.05, 0) is 19.9 Å². The van der Waals surface area contributed by atoms with Gasteiger partial charge in [-0.15, -0.1) is 0 Å². The summed E-state index contributed by atoms with van der Waals surface area (Å²) in [6.07, 6.45) is 0.839. The van der Waals surface area contributed by atoms with Gasteiger partial charge in [-0.25, -0.2) is 0 Å². The van der Waals surface area contributed by atoms with Gasteiger partial charge in [0, 0.05) is 36.3 Å². The topological polar surface area (TPSA) is 40.5 Å². The first-order valence-corrected chi connectivity index (χ1v) is 5.67. The Morgan fingerprint density at radius 3 is 2.44 bits per heavy atom. The fourth-order valence-electron chi connectivity index (χ4n) is 1.78. The molecule has 16 heavy (non-hydrogen) atoms. The van der Waals surface area contributed by atoms with Crippen molar-refractivity contribution in [3.8, 4) is 5.75 Å². The summed E-state index contributed by atoms with van der Waals surface area (Å²) in [5.74, 6) is -0.0604. The zero-order valence-electron chi connectivity index (χ0n) is 10.1. The zero-order valence-corrected chi connectivity index (χ0v) is 10.1. The second kappa shape index (κ2) is 5.54. The molecule has 0 fully saturated rings. The number of carbonyl (C=O) groups is 1. The quantitative estimate of drug-likeness (QED) is 0.777. The van der Waals surface area contributed by atoms with Gasteiger partial charge in [-0.3, -0.25) is 0 Å². The monoisotopic (exact) mass is 221 g/mol. The van der Waals surface area contributed by atoms with E-state index in [-0.39, 0.29) is 11.7 Å². The molecule has 1 unspecified atom stereocenters. The fourth-order valence-corrected chi connectivity index (χ4v) is 1.78. The molecule has 0 bridgehead atoms. The van der Waals surface area contributed by atoms with Crippen LogP contribution in [0.3, 0.4) is 0 Å². The Kier molecular flexibility index (Phi) is 4.35. The maximum atomic E-state index is 10.7. The molecule has 0 heterocycles. The minimum absolute atomic E-state index is 0.198. The summed E-state index contributed by atoms with van der Waals surface area (Å²) in [7, 11) is 0. The molecule has 1 aromatic carbocycles. The third-order valence-electron chi connectivity index (χ3n) is 2.84. The molecule has 0 radical (unpaired) electrons. The van der Waals surface area contributed by atoms with Crippen molar-refractivity contribution in [2.24, 2.45) is 0 Å². The maximum Gasteiger partial charge on any atom is 0.127 e. The Balaban J connectivity index is 3.03. The largest absolute Gasteiger partial charge is 0.508 e. The molecule has 0 aliphatic rings. The Morgan fingerprint density at radius 2 is 2.00 bits per heavy atom. The smallest absolute Gasteiger partial charge is 0.127 e. The molecule has 3 nitrogen and oxygen atoms in total. The number of benzene rings is 1. The number of phenolic OH excluding ortho intramolecular Hbond substituents is 1. The van der Waals surface area contributed by atoms with Gasteiger partial charge in [0.15, 0.2) is 0 Å². The van der Waals surface area contributed by atoms with Gasteiger partial charge in [0.25, 0.3) is 0 Å². The summed E-state index contributed by atoms with van der Waals surface area (Å²) in [6.45, 7) is 7.72. The van der Waals surface area contributed by atoms with E-state index in [9.17, 15) is 9.90 Å². The van der Waals surface area contributed by atoms with Crippen LogP contribution in [0.25, 0.3) is 0 Å². The molecule has 0 amide bonds. The highest BCUT2D eigenvalue weighted by atomic mass is 16.3. The number of aromatic hydroxyl groups is 1. The third kappa shape index (κ3) is 2.54. The van der Waals surface area contributed by atoms with Crippen LogP contribution in [0.15, 0.2) is 18.2 Å². The summed E-state index contributed by atoms with van der Waals surface area (Å²) in [6, 6.07) is 5.49. The molecular formula is C13H19NO2. The van der Waals surface area contributed by atoms with E-state index in [0.717, 1.165) is 25.1 Å². The van der Waals surface area contributed by atoms with Crippen LogP contribution in [0.2, 0.25) is 0 Å². The highest BCUT2D eigenvalue weighted by Crippen LogP contribution is 2.29. The van der Waals surface area contributed by atoms with E-state index in [4.69, 9.17) is 0 Å². The molecule has 0 spiro atoms. The molecule has 0 aliphatic heterocycles. The van der Waals surface area contributed by atoms with Gasteiger partial charge in [-0.1, -0.05) is 13.0 Å². The first kappa shape index (κ1) is 12.6. The molecule has 1 aromatic rings. The molecule has 0 aliphatic carbocycles. The Bertz CT molecular complexity index is 359. The summed E-state index contributed by atoms with van der Waals surface area (Å²) < 4.78 is 0. The first-order chi connectivity index (χ1) is 7.63. The highest BCUT2D eigenvalue weighted by molar-refractivity contribution is 5.65. The van der Waals surface area contributed by atoms with Crippen molar-refractivity contribution in [1.29, 1.82) is 0 Å². The van der Waals surface area contributed by atoms with E-state index < -0.39 is 0 Å². The number of nitrogens with zero attached hydrogens (tertiary/aromatic N) is 1. The third-order valence-corrected chi connectivity index (χ3v) is 2.84. The molecule has 1 N–H and O–H groups in total. The molecular weight excluding hydrogens is 202 g/mol. The highest BCUT2D eigenvalue weighted by Gasteiger charge is 2.11. The van der Waals surface area contributed by atoms with Crippen molar-refractivity contribution in [2.45, 2.75) is 26.7 Å². The van der Waals surface area contributed by atoms with Gasteiger partial charge in [0.2, 0.25) is 0 Å². The van der Waals surface area contributed by atoms with Gasteiger partial charge in [0.1, 0.15) is 12.0 Å². The number of rotatable bonds is 5. The molecule has 1 atom stereocenters. The maximum absolute atomic E-state index is 10.7. The lowest BCUT2D eigenvalue weighted by molar-refractivity contribution is -0.108. The van der Waals surface area contributed by atoms with Crippen LogP contribution in [-0.2, 0) is 4.79 Å². The molecule has 0 aromatic heterocycles. The fraction of sp³-hybridized carbons (Fsp3) is 0.462. The van der Waals surface area contributed by atoms with Crippen molar-refractivity contribution < 1.29 is 9.90 Å². The number of phenols is 1. The van der Waals surface area contributed by atoms with Crippen molar-refractivity contribution in [2.75, 3.05) is 18.0 Å². The van der Waals surface area contributed by atoms with Crippen LogP contribution in [0.4, 0.5) is 5.69 Å². The van der Waals surface area contributed by atoms with E-state index in [1.165, 1.54) is 0 Å². The number of carbonyl (C=O) groups excluding carboxylic acids is 1. The van der Waals surface area contributed by atoms with Crippen LogP contribution in [0.1, 0.15) is 32.3 Å². The average Bonchev–Trinajstić information content (AvgIpc) is 2.30. The molecule has 0 saturated carbocycles. The lowest BCUT2D eigenvalue weighted by Crippen LogP contribution is -2.21. The SMILES string of the molecule is CCN(CC)c1ccc(C(C)C=O)c(O)c1. The summed E-state index contributed by atoms with van der Waals surface area (Å²) in [4.78, 5) is 12.8. The lowest BCUT2D eigenvalue weighted by atomic mass is 10.0. The van der Waals surface area contributed by atoms with Crippen LogP contribution in [0.5, 0.6) is 5.75 Å². The normalized spacial score (nSPS) is 12.2. The van der Waals surface area contributed by atoms with Gasteiger partial charge >= 0.3 is 0 Å². The summed E-state index contributed by atoms with van der Waals surface area (Å²) in [5, 5.41) is 9.85. The Morgan fingerprint density at radius 1 is 1.38 bits per heavy atom. The molecule has 3 heteroatoms. The number of anilines is 1. The number of hydrogen-bond acceptors (Lipinski definition) is 3. The molecule has 0 saturated heterocycles. The molecule has 1 rings (SSSR count). The van der Waals surface area contributed by atoms with Crippen molar-refractivity contribution >= 4 is 12.0 Å². The number of hydrogen-bond donors (Lipinski definition) is 1. The second-order valence-electron chi connectivity index (χ2n) is 3.84.